The smallest absolute Gasteiger partial charge is 0.320 e. The Morgan fingerprint density at radius 1 is 1.35 bits per heavy atom. The quantitative estimate of drug-likeness (QED) is 0.847. The van der Waals surface area contributed by atoms with Crippen molar-refractivity contribution in [1.82, 2.24) is 15.5 Å². The minimum Gasteiger partial charge on any atom is -0.494 e. The van der Waals surface area contributed by atoms with E-state index in [1.807, 2.05) is 13.8 Å². The standard InChI is InChI=1S/C13H17FN4O2/c1-8(2)15-7-12-17-18-13(20-12)16-9-4-5-11(19-3)10(14)6-9/h4-6,8,15H,7H2,1-3H3,(H,16,18). The summed E-state index contributed by atoms with van der Waals surface area (Å²) in [4.78, 5) is 0. The average molecular weight is 280 g/mol. The summed E-state index contributed by atoms with van der Waals surface area (Å²) >= 11 is 0. The molecule has 0 aliphatic heterocycles. The molecule has 2 rings (SSSR count). The molecule has 0 atom stereocenters. The zero-order valence-electron chi connectivity index (χ0n) is 11.6. The van der Waals surface area contributed by atoms with Crippen molar-refractivity contribution < 1.29 is 13.5 Å². The molecule has 0 unspecified atom stereocenters. The van der Waals surface area contributed by atoms with Crippen molar-refractivity contribution in [3.05, 3.63) is 29.9 Å². The van der Waals surface area contributed by atoms with Gasteiger partial charge in [-0.25, -0.2) is 4.39 Å². The van der Waals surface area contributed by atoms with E-state index in [0.717, 1.165) is 0 Å². The van der Waals surface area contributed by atoms with Gasteiger partial charge in [-0.05, 0) is 12.1 Å². The van der Waals surface area contributed by atoms with Gasteiger partial charge in [-0.2, -0.15) is 0 Å². The number of nitrogens with zero attached hydrogens (tertiary/aromatic N) is 2. The van der Waals surface area contributed by atoms with Crippen molar-refractivity contribution in [2.75, 3.05) is 12.4 Å². The first-order valence-electron chi connectivity index (χ1n) is 6.25. The van der Waals surface area contributed by atoms with E-state index in [-0.39, 0.29) is 11.8 Å². The van der Waals surface area contributed by atoms with E-state index in [0.29, 0.717) is 24.2 Å². The number of halogens is 1. The highest BCUT2D eigenvalue weighted by atomic mass is 19.1. The Labute approximate surface area is 116 Å². The predicted octanol–water partition coefficient (Wildman–Crippen LogP) is 2.46. The lowest BCUT2D eigenvalue weighted by molar-refractivity contribution is 0.386. The molecule has 0 aliphatic carbocycles. The second kappa shape index (κ2) is 6.33. The highest BCUT2D eigenvalue weighted by Gasteiger charge is 2.08. The molecule has 7 heteroatoms. The van der Waals surface area contributed by atoms with E-state index in [1.54, 1.807) is 6.07 Å². The molecule has 2 N–H and O–H groups in total. The largest absolute Gasteiger partial charge is 0.494 e. The van der Waals surface area contributed by atoms with E-state index in [2.05, 4.69) is 20.8 Å². The van der Waals surface area contributed by atoms with Crippen LogP contribution < -0.4 is 15.4 Å². The molecule has 6 nitrogen and oxygen atoms in total. The maximum atomic E-state index is 13.5. The van der Waals surface area contributed by atoms with Gasteiger partial charge in [0.25, 0.3) is 0 Å². The Bertz CT molecular complexity index is 571. The molecule has 1 aromatic carbocycles. The fourth-order valence-corrected chi connectivity index (χ4v) is 1.53. The van der Waals surface area contributed by atoms with Crippen molar-refractivity contribution in [3.63, 3.8) is 0 Å². The van der Waals surface area contributed by atoms with Crippen molar-refractivity contribution in [2.45, 2.75) is 26.4 Å². The number of nitrogens with one attached hydrogen (secondary N) is 2. The lowest BCUT2D eigenvalue weighted by Gasteiger charge is -2.05. The van der Waals surface area contributed by atoms with E-state index in [9.17, 15) is 4.39 Å². The van der Waals surface area contributed by atoms with Crippen LogP contribution in [-0.2, 0) is 6.54 Å². The van der Waals surface area contributed by atoms with Gasteiger partial charge in [-0.15, -0.1) is 5.10 Å². The normalized spacial score (nSPS) is 10.8. The number of hydrogen-bond acceptors (Lipinski definition) is 6. The number of benzene rings is 1. The number of methoxy groups -OCH3 is 1. The maximum Gasteiger partial charge on any atom is 0.320 e. The van der Waals surface area contributed by atoms with Crippen LogP contribution in [0.15, 0.2) is 22.6 Å². The molecule has 0 aliphatic rings. The van der Waals surface area contributed by atoms with Crippen molar-refractivity contribution in [1.29, 1.82) is 0 Å². The Morgan fingerprint density at radius 2 is 2.15 bits per heavy atom. The molecule has 0 saturated carbocycles. The summed E-state index contributed by atoms with van der Waals surface area (Å²) in [6.45, 7) is 4.54. The zero-order valence-corrected chi connectivity index (χ0v) is 11.6. The third kappa shape index (κ3) is 3.67. The van der Waals surface area contributed by atoms with Crippen LogP contribution in [0, 0.1) is 5.82 Å². The maximum absolute atomic E-state index is 13.5. The molecule has 0 bridgehead atoms. The minimum absolute atomic E-state index is 0.183. The van der Waals surface area contributed by atoms with Crippen molar-refractivity contribution in [3.8, 4) is 5.75 Å². The van der Waals surface area contributed by atoms with Gasteiger partial charge < -0.3 is 19.8 Å². The number of ether oxygens (including phenoxy) is 1. The highest BCUT2D eigenvalue weighted by Crippen LogP contribution is 2.22. The first-order valence-corrected chi connectivity index (χ1v) is 6.25. The Hall–Kier alpha value is -2.15. The summed E-state index contributed by atoms with van der Waals surface area (Å²) in [5.74, 6) is 0.191. The van der Waals surface area contributed by atoms with Crippen LogP contribution in [0.25, 0.3) is 0 Å². The van der Waals surface area contributed by atoms with Crippen LogP contribution in [-0.4, -0.2) is 23.3 Å². The minimum atomic E-state index is -0.460. The van der Waals surface area contributed by atoms with Gasteiger partial charge in [0.1, 0.15) is 0 Å². The number of anilines is 2. The van der Waals surface area contributed by atoms with Crippen LogP contribution >= 0.6 is 0 Å². The summed E-state index contributed by atoms with van der Waals surface area (Å²) < 4.78 is 23.8. The van der Waals surface area contributed by atoms with E-state index >= 15 is 0 Å². The second-order valence-electron chi connectivity index (χ2n) is 4.51. The van der Waals surface area contributed by atoms with E-state index < -0.39 is 5.82 Å². The van der Waals surface area contributed by atoms with Crippen LogP contribution in [0.2, 0.25) is 0 Å². The molecular weight excluding hydrogens is 263 g/mol. The summed E-state index contributed by atoms with van der Waals surface area (Å²) in [5.41, 5.74) is 0.510. The molecule has 2 aromatic rings. The third-order valence-corrected chi connectivity index (χ3v) is 2.53. The van der Waals surface area contributed by atoms with Gasteiger partial charge in [-0.3, -0.25) is 0 Å². The van der Waals surface area contributed by atoms with E-state index in [1.165, 1.54) is 19.2 Å². The molecule has 0 amide bonds. The topological polar surface area (TPSA) is 72.2 Å². The van der Waals surface area contributed by atoms with Crippen molar-refractivity contribution in [2.24, 2.45) is 0 Å². The fourth-order valence-electron chi connectivity index (χ4n) is 1.53. The molecular formula is C13H17FN4O2. The van der Waals surface area contributed by atoms with Gasteiger partial charge >= 0.3 is 6.01 Å². The third-order valence-electron chi connectivity index (χ3n) is 2.53. The van der Waals surface area contributed by atoms with Gasteiger partial charge in [0, 0.05) is 17.8 Å². The summed E-state index contributed by atoms with van der Waals surface area (Å²) in [6, 6.07) is 5.03. The summed E-state index contributed by atoms with van der Waals surface area (Å²) in [7, 11) is 1.41. The van der Waals surface area contributed by atoms with Crippen LogP contribution in [0.3, 0.4) is 0 Å². The van der Waals surface area contributed by atoms with Gasteiger partial charge in [0.15, 0.2) is 11.6 Å². The molecule has 0 spiro atoms. The molecule has 1 heterocycles. The Kier molecular flexibility index (Phi) is 4.52. The van der Waals surface area contributed by atoms with Gasteiger partial charge in [0.05, 0.1) is 13.7 Å². The first-order chi connectivity index (χ1) is 9.58. The van der Waals surface area contributed by atoms with Crippen LogP contribution in [0.5, 0.6) is 5.75 Å². The molecule has 0 saturated heterocycles. The highest BCUT2D eigenvalue weighted by molar-refractivity contribution is 5.53. The van der Waals surface area contributed by atoms with Crippen LogP contribution in [0.1, 0.15) is 19.7 Å². The molecule has 20 heavy (non-hydrogen) atoms. The number of aromatic nitrogens is 2. The SMILES string of the molecule is COc1ccc(Nc2nnc(CNC(C)C)o2)cc1F. The Morgan fingerprint density at radius 3 is 2.80 bits per heavy atom. The number of hydrogen-bond donors (Lipinski definition) is 2. The molecule has 108 valence electrons. The molecule has 0 fully saturated rings. The fraction of sp³-hybridized carbons (Fsp3) is 0.385. The van der Waals surface area contributed by atoms with E-state index in [4.69, 9.17) is 9.15 Å². The summed E-state index contributed by atoms with van der Waals surface area (Å²) in [6.07, 6.45) is 0. The average Bonchev–Trinajstić information content (AvgIpc) is 2.84. The predicted molar refractivity (Wildman–Crippen MR) is 72.5 cm³/mol. The lowest BCUT2D eigenvalue weighted by Crippen LogP contribution is -2.21. The first kappa shape index (κ1) is 14.3. The summed E-state index contributed by atoms with van der Waals surface area (Å²) in [5, 5.41) is 13.7. The molecule has 0 radical (unpaired) electrons. The number of rotatable bonds is 6. The van der Waals surface area contributed by atoms with Gasteiger partial charge in [-0.1, -0.05) is 18.9 Å². The molecule has 1 aromatic heterocycles. The van der Waals surface area contributed by atoms with Crippen molar-refractivity contribution >= 4 is 11.7 Å². The zero-order chi connectivity index (χ0) is 14.5. The van der Waals surface area contributed by atoms with Crippen LogP contribution in [0.4, 0.5) is 16.1 Å². The second-order valence-corrected chi connectivity index (χ2v) is 4.51. The van der Waals surface area contributed by atoms with Gasteiger partial charge in [0.2, 0.25) is 5.89 Å². The monoisotopic (exact) mass is 280 g/mol. The Balaban J connectivity index is 2.01. The lowest BCUT2D eigenvalue weighted by atomic mass is 10.3.